The van der Waals surface area contributed by atoms with Crippen molar-refractivity contribution < 1.29 is 35.9 Å². The molecule has 2 rings (SSSR count). The van der Waals surface area contributed by atoms with E-state index in [1.165, 1.54) is 33.3 Å². The Kier molecular flexibility index (Phi) is 9.84. The van der Waals surface area contributed by atoms with E-state index < -0.39 is 35.7 Å². The van der Waals surface area contributed by atoms with Crippen LogP contribution in [-0.2, 0) is 24.7 Å². The number of benzene rings is 1. The molecular weight excluding hydrogens is 477 g/mol. The summed E-state index contributed by atoms with van der Waals surface area (Å²) in [5.74, 6) is -0.649. The monoisotopic (exact) mass is 497 g/mol. The van der Waals surface area contributed by atoms with E-state index in [2.05, 4.69) is 20.6 Å². The number of methoxy groups -OCH3 is 2. The number of rotatable bonds is 9. The Bertz CT molecular complexity index is 1180. The Morgan fingerprint density at radius 3 is 2.12 bits per heavy atom. The molecule has 0 aliphatic heterocycles. The van der Waals surface area contributed by atoms with Crippen molar-refractivity contribution in [2.24, 2.45) is 0 Å². The number of hydrogen-bond acceptors (Lipinski definition) is 10. The topological polar surface area (TPSA) is 183 Å². The molecule has 3 amide bonds. The van der Waals surface area contributed by atoms with E-state index in [4.69, 9.17) is 9.47 Å². The van der Waals surface area contributed by atoms with Gasteiger partial charge in [0.25, 0.3) is 10.0 Å². The zero-order chi connectivity index (χ0) is 23.2. The first kappa shape index (κ1) is 27.6. The molecule has 170 valence electrons. The van der Waals surface area contributed by atoms with Gasteiger partial charge in [-0.3, -0.25) is 10.1 Å². The molecule has 16 heteroatoms. The Labute approximate surface area is 206 Å². The van der Waals surface area contributed by atoms with Gasteiger partial charge in [0, 0.05) is 5.69 Å². The Balaban J connectivity index is 0.00000512. The summed E-state index contributed by atoms with van der Waals surface area (Å²) in [6.07, 6.45) is 0.285. The zero-order valence-electron chi connectivity index (χ0n) is 16.6. The average molecular weight is 497 g/mol. The molecule has 0 atom stereocenters. The fourth-order valence-electron chi connectivity index (χ4n) is 2.26. The van der Waals surface area contributed by atoms with Gasteiger partial charge in [-0.15, -0.1) is 0 Å². The molecule has 3 N–H and O–H groups in total. The molecular formula is C16H20N5NaO8S2. The second kappa shape index (κ2) is 11.4. The van der Waals surface area contributed by atoms with Gasteiger partial charge >= 0.3 is 35.6 Å². The van der Waals surface area contributed by atoms with Crippen molar-refractivity contribution in [1.29, 1.82) is 0 Å². The summed E-state index contributed by atoms with van der Waals surface area (Å²) in [4.78, 5) is 29.3. The quantitative estimate of drug-likeness (QED) is 0.308. The maximum absolute atomic E-state index is 12.8. The molecule has 0 aliphatic rings. The van der Waals surface area contributed by atoms with Crippen molar-refractivity contribution in [3.8, 4) is 11.8 Å². The number of sulfonamides is 1. The van der Waals surface area contributed by atoms with Gasteiger partial charge in [-0.25, -0.2) is 26.4 Å². The molecule has 0 radical (unpaired) electrons. The van der Waals surface area contributed by atoms with Crippen LogP contribution >= 0.6 is 0 Å². The molecule has 32 heavy (non-hydrogen) atoms. The third-order valence-corrected chi connectivity index (χ3v) is 7.01. The predicted molar refractivity (Wildman–Crippen MR) is 115 cm³/mol. The SMILES string of the molecule is CCS(=O)(=O)c1ccc(NC=O)cc1S(=O)(=O)NC(=O)Nc1nc(OC)cc(OC)n1.[NaH]. The van der Waals surface area contributed by atoms with Gasteiger partial charge in [0.2, 0.25) is 24.1 Å². The number of nitrogens with zero attached hydrogens (tertiary/aromatic N) is 2. The van der Waals surface area contributed by atoms with Gasteiger partial charge in [-0.1, -0.05) is 6.92 Å². The Morgan fingerprint density at radius 2 is 1.62 bits per heavy atom. The average Bonchev–Trinajstić information content (AvgIpc) is 2.73. The van der Waals surface area contributed by atoms with E-state index in [0.29, 0.717) is 0 Å². The van der Waals surface area contributed by atoms with Crippen LogP contribution in [0, 0.1) is 0 Å². The first-order chi connectivity index (χ1) is 14.6. The number of urea groups is 1. The summed E-state index contributed by atoms with van der Waals surface area (Å²) in [7, 11) is -6.05. The van der Waals surface area contributed by atoms with E-state index in [1.807, 2.05) is 0 Å². The number of carbonyl (C=O) groups is 2. The molecule has 0 spiro atoms. The molecule has 0 saturated heterocycles. The number of ether oxygens (including phenoxy) is 2. The number of nitrogens with one attached hydrogen (secondary N) is 3. The van der Waals surface area contributed by atoms with Crippen LogP contribution in [0.3, 0.4) is 0 Å². The number of sulfone groups is 1. The molecule has 0 unspecified atom stereocenters. The summed E-state index contributed by atoms with van der Waals surface area (Å²) in [5, 5.41) is 4.32. The van der Waals surface area contributed by atoms with Crippen LogP contribution in [0.1, 0.15) is 6.92 Å². The third kappa shape index (κ3) is 6.77. The standard InChI is InChI=1S/C16H19N5O8S2.Na.H/c1-4-30(24,25)11-6-5-10(17-9-22)7-12(11)31(26,27)21-16(23)20-15-18-13(28-2)8-14(19-15)29-3;;/h5-9H,4H2,1-3H3,(H,17,22)(H2,18,19,20,21,23);;. The molecule has 0 aliphatic carbocycles. The van der Waals surface area contributed by atoms with Crippen LogP contribution in [0.15, 0.2) is 34.1 Å². The predicted octanol–water partition coefficient (Wildman–Crippen LogP) is -0.282. The molecule has 0 fully saturated rings. The molecule has 1 heterocycles. The van der Waals surface area contributed by atoms with Gasteiger partial charge < -0.3 is 14.8 Å². The van der Waals surface area contributed by atoms with E-state index in [0.717, 1.165) is 12.1 Å². The van der Waals surface area contributed by atoms with Crippen LogP contribution in [0.2, 0.25) is 0 Å². The van der Waals surface area contributed by atoms with Crippen molar-refractivity contribution in [2.75, 3.05) is 30.6 Å². The van der Waals surface area contributed by atoms with Crippen LogP contribution in [-0.4, -0.2) is 88.8 Å². The Hall–Kier alpha value is -2.46. The zero-order valence-corrected chi connectivity index (χ0v) is 18.2. The van der Waals surface area contributed by atoms with Gasteiger partial charge in [-0.05, 0) is 18.2 Å². The number of hydrogen-bond donors (Lipinski definition) is 3. The molecule has 1 aromatic heterocycles. The van der Waals surface area contributed by atoms with Crippen molar-refractivity contribution in [1.82, 2.24) is 14.7 Å². The van der Waals surface area contributed by atoms with E-state index in [-0.39, 0.29) is 65.1 Å². The van der Waals surface area contributed by atoms with Gasteiger partial charge in [0.1, 0.15) is 4.90 Å². The third-order valence-electron chi connectivity index (χ3n) is 3.72. The van der Waals surface area contributed by atoms with Crippen LogP contribution in [0.4, 0.5) is 16.4 Å². The molecule has 2 aromatic rings. The van der Waals surface area contributed by atoms with Gasteiger partial charge in [0.05, 0.1) is 30.9 Å². The van der Waals surface area contributed by atoms with E-state index in [9.17, 15) is 26.4 Å². The molecule has 13 nitrogen and oxygen atoms in total. The maximum atomic E-state index is 12.8. The first-order valence-corrected chi connectivity index (χ1v) is 11.6. The molecule has 0 saturated carbocycles. The summed E-state index contributed by atoms with van der Waals surface area (Å²) >= 11 is 0. The van der Waals surface area contributed by atoms with E-state index >= 15 is 0 Å². The molecule has 1 aromatic carbocycles. The summed E-state index contributed by atoms with van der Waals surface area (Å²) in [6.45, 7) is 1.33. The fourth-order valence-corrected chi connectivity index (χ4v) is 4.94. The molecule has 0 bridgehead atoms. The number of carbonyl (C=O) groups excluding carboxylic acids is 2. The number of amides is 3. The van der Waals surface area contributed by atoms with Crippen molar-refractivity contribution >= 4 is 73.5 Å². The van der Waals surface area contributed by atoms with Crippen LogP contribution in [0.5, 0.6) is 11.8 Å². The summed E-state index contributed by atoms with van der Waals surface area (Å²) < 4.78 is 61.7. The van der Waals surface area contributed by atoms with Crippen molar-refractivity contribution in [3.05, 3.63) is 24.3 Å². The second-order valence-electron chi connectivity index (χ2n) is 5.66. The normalized spacial score (nSPS) is 11.0. The van der Waals surface area contributed by atoms with Gasteiger partial charge in [-0.2, -0.15) is 9.97 Å². The van der Waals surface area contributed by atoms with Gasteiger partial charge in [0.15, 0.2) is 9.84 Å². The van der Waals surface area contributed by atoms with Crippen LogP contribution < -0.4 is 24.8 Å². The number of anilines is 2. The minimum absolute atomic E-state index is 0. The van der Waals surface area contributed by atoms with Crippen molar-refractivity contribution in [3.63, 3.8) is 0 Å². The summed E-state index contributed by atoms with van der Waals surface area (Å²) in [6, 6.07) is 3.20. The minimum atomic E-state index is -4.69. The van der Waals surface area contributed by atoms with Crippen LogP contribution in [0.25, 0.3) is 0 Å². The first-order valence-electron chi connectivity index (χ1n) is 8.44. The fraction of sp³-hybridized carbons (Fsp3) is 0.250. The van der Waals surface area contributed by atoms with E-state index in [1.54, 1.807) is 4.72 Å². The Morgan fingerprint density at radius 1 is 1.03 bits per heavy atom. The second-order valence-corrected chi connectivity index (χ2v) is 9.56. The summed E-state index contributed by atoms with van der Waals surface area (Å²) in [5.41, 5.74) is 0.00621. The number of aromatic nitrogens is 2. The van der Waals surface area contributed by atoms with Crippen molar-refractivity contribution in [2.45, 2.75) is 16.7 Å².